The van der Waals surface area contributed by atoms with Crippen LogP contribution in [-0.4, -0.2) is 23.3 Å². The smallest absolute Gasteiger partial charge is 0.435 e. The molecule has 0 amide bonds. The van der Waals surface area contributed by atoms with Gasteiger partial charge in [0.15, 0.2) is 5.58 Å². The number of benzene rings is 3. The van der Waals surface area contributed by atoms with Gasteiger partial charge < -0.3 is 13.7 Å². The number of thiophene rings is 1. The molecule has 6 rings (SSSR count). The molecule has 0 bridgehead atoms. The first-order valence-electron chi connectivity index (χ1n) is 10.5. The van der Waals surface area contributed by atoms with Gasteiger partial charge in [-0.1, -0.05) is 30.3 Å². The Morgan fingerprint density at radius 1 is 0.839 bits per heavy atom. The lowest BCUT2D eigenvalue weighted by atomic mass is 9.79. The number of nitrogens with zero attached hydrogens (tertiary/aromatic N) is 1. The van der Waals surface area contributed by atoms with Crippen molar-refractivity contribution in [1.82, 2.24) is 4.98 Å². The summed E-state index contributed by atoms with van der Waals surface area (Å²) in [5.41, 5.74) is 3.03. The van der Waals surface area contributed by atoms with Gasteiger partial charge in [0.1, 0.15) is 5.52 Å². The lowest BCUT2D eigenvalue weighted by Crippen LogP contribution is -2.41. The van der Waals surface area contributed by atoms with E-state index < -0.39 is 0 Å². The average Bonchev–Trinajstić information content (AvgIpc) is 3.39. The Labute approximate surface area is 184 Å². The minimum atomic E-state index is -0.366. The molecule has 0 spiro atoms. The largest absolute Gasteiger partial charge is 0.494 e. The van der Waals surface area contributed by atoms with Crippen LogP contribution in [0.25, 0.3) is 42.7 Å². The van der Waals surface area contributed by atoms with Gasteiger partial charge in [0.25, 0.3) is 0 Å². The highest BCUT2D eigenvalue weighted by Gasteiger charge is 2.51. The van der Waals surface area contributed by atoms with E-state index in [0.29, 0.717) is 5.89 Å². The number of fused-ring (bicyclic) bond motifs is 5. The second-order valence-electron chi connectivity index (χ2n) is 9.12. The van der Waals surface area contributed by atoms with Crippen LogP contribution in [-0.2, 0) is 9.31 Å². The molecule has 0 atom stereocenters. The number of oxazole rings is 1. The van der Waals surface area contributed by atoms with E-state index in [-0.39, 0.29) is 18.3 Å². The summed E-state index contributed by atoms with van der Waals surface area (Å²) in [6, 6.07) is 20.6. The van der Waals surface area contributed by atoms with Gasteiger partial charge in [0.05, 0.1) is 11.2 Å². The second-order valence-corrected chi connectivity index (χ2v) is 10.2. The van der Waals surface area contributed by atoms with Crippen molar-refractivity contribution in [2.45, 2.75) is 38.9 Å². The maximum atomic E-state index is 6.26. The van der Waals surface area contributed by atoms with Crippen LogP contribution in [0.5, 0.6) is 0 Å². The fourth-order valence-corrected chi connectivity index (χ4v) is 5.25. The zero-order valence-electron chi connectivity index (χ0n) is 17.9. The summed E-state index contributed by atoms with van der Waals surface area (Å²) in [4.78, 5) is 4.73. The Bertz CT molecular complexity index is 1440. The van der Waals surface area contributed by atoms with Crippen molar-refractivity contribution in [3.05, 3.63) is 60.7 Å². The quantitative estimate of drug-likeness (QED) is 0.317. The Balaban J connectivity index is 1.49. The van der Waals surface area contributed by atoms with Crippen LogP contribution < -0.4 is 5.46 Å². The van der Waals surface area contributed by atoms with Crippen molar-refractivity contribution in [2.24, 2.45) is 0 Å². The Morgan fingerprint density at radius 2 is 1.58 bits per heavy atom. The minimum Gasteiger partial charge on any atom is -0.435 e. The fourth-order valence-electron chi connectivity index (χ4n) is 4.09. The summed E-state index contributed by atoms with van der Waals surface area (Å²) in [6.45, 7) is 8.32. The molecule has 4 nitrogen and oxygen atoms in total. The summed E-state index contributed by atoms with van der Waals surface area (Å²) < 4.78 is 21.1. The first-order chi connectivity index (χ1) is 14.8. The predicted molar refractivity (Wildman–Crippen MR) is 128 cm³/mol. The molecular formula is C25H22BNO3S. The molecule has 0 radical (unpaired) electrons. The third-order valence-corrected chi connectivity index (χ3v) is 7.68. The Kier molecular flexibility index (Phi) is 3.95. The number of hydrogen-bond donors (Lipinski definition) is 0. The Hall–Kier alpha value is -2.67. The third-order valence-electron chi connectivity index (χ3n) is 6.56. The van der Waals surface area contributed by atoms with Crippen molar-refractivity contribution in [1.29, 1.82) is 0 Å². The number of hydrogen-bond acceptors (Lipinski definition) is 5. The minimum absolute atomic E-state index is 0.355. The van der Waals surface area contributed by atoms with Gasteiger partial charge in [0, 0.05) is 25.7 Å². The SMILES string of the molecule is CC1(C)OB(c2ccc3c(c2)sc2ccc4nc(-c5ccccc5)oc4c23)OC1(C)C. The topological polar surface area (TPSA) is 44.5 Å². The van der Waals surface area contributed by atoms with Crippen LogP contribution in [0.4, 0.5) is 0 Å². The van der Waals surface area contributed by atoms with Crippen molar-refractivity contribution < 1.29 is 13.7 Å². The van der Waals surface area contributed by atoms with Gasteiger partial charge in [-0.3, -0.25) is 0 Å². The van der Waals surface area contributed by atoms with E-state index in [4.69, 9.17) is 18.7 Å². The second kappa shape index (κ2) is 6.42. The molecule has 154 valence electrons. The molecule has 0 saturated carbocycles. The maximum absolute atomic E-state index is 6.26. The number of aromatic nitrogens is 1. The summed E-state index contributed by atoms with van der Waals surface area (Å²) in [6.07, 6.45) is 0. The maximum Gasteiger partial charge on any atom is 0.494 e. The van der Waals surface area contributed by atoms with Gasteiger partial charge in [-0.05, 0) is 63.5 Å². The van der Waals surface area contributed by atoms with E-state index in [1.54, 1.807) is 11.3 Å². The van der Waals surface area contributed by atoms with Gasteiger partial charge in [0.2, 0.25) is 5.89 Å². The fraction of sp³-hybridized carbons (Fsp3) is 0.240. The lowest BCUT2D eigenvalue weighted by molar-refractivity contribution is 0.00578. The predicted octanol–water partition coefficient (Wildman–Crippen LogP) is 6.16. The van der Waals surface area contributed by atoms with Gasteiger partial charge in [-0.15, -0.1) is 11.3 Å². The van der Waals surface area contributed by atoms with Crippen LogP contribution in [0.2, 0.25) is 0 Å². The average molecular weight is 427 g/mol. The Morgan fingerprint density at radius 3 is 2.32 bits per heavy atom. The number of rotatable bonds is 2. The highest BCUT2D eigenvalue weighted by atomic mass is 32.1. The zero-order chi connectivity index (χ0) is 21.4. The first-order valence-corrected chi connectivity index (χ1v) is 11.3. The molecule has 5 aromatic rings. The van der Waals surface area contributed by atoms with Gasteiger partial charge in [-0.2, -0.15) is 0 Å². The van der Waals surface area contributed by atoms with E-state index in [9.17, 15) is 0 Å². The molecular weight excluding hydrogens is 405 g/mol. The van der Waals surface area contributed by atoms with Crippen molar-refractivity contribution in [3.8, 4) is 11.5 Å². The summed E-state index contributed by atoms with van der Waals surface area (Å²) >= 11 is 1.76. The zero-order valence-corrected chi connectivity index (χ0v) is 18.7. The molecule has 1 saturated heterocycles. The van der Waals surface area contributed by atoms with Crippen LogP contribution in [0.3, 0.4) is 0 Å². The van der Waals surface area contributed by atoms with Crippen molar-refractivity contribution >= 4 is 55.2 Å². The normalized spacial score (nSPS) is 17.9. The van der Waals surface area contributed by atoms with E-state index in [0.717, 1.165) is 27.5 Å². The summed E-state index contributed by atoms with van der Waals surface area (Å²) in [7, 11) is -0.366. The first kappa shape index (κ1) is 19.1. The van der Waals surface area contributed by atoms with Crippen molar-refractivity contribution in [2.75, 3.05) is 0 Å². The molecule has 0 unspecified atom stereocenters. The molecule has 1 aliphatic rings. The summed E-state index contributed by atoms with van der Waals surface area (Å²) in [5.74, 6) is 0.649. The molecule has 6 heteroatoms. The monoisotopic (exact) mass is 427 g/mol. The molecule has 3 heterocycles. The highest BCUT2D eigenvalue weighted by Crippen LogP contribution is 2.40. The molecule has 1 fully saturated rings. The molecule has 31 heavy (non-hydrogen) atoms. The van der Waals surface area contributed by atoms with Crippen LogP contribution in [0, 0.1) is 0 Å². The van der Waals surface area contributed by atoms with Crippen LogP contribution in [0.15, 0.2) is 65.1 Å². The highest BCUT2D eigenvalue weighted by molar-refractivity contribution is 7.26. The standard InChI is InChI=1S/C25H22BNO3S/c1-24(2)25(3,4)30-26(29-24)16-10-11-17-20(14-16)31-19-13-12-18-22(21(17)19)28-23(27-18)15-8-6-5-7-9-15/h5-14H,1-4H3. The van der Waals surface area contributed by atoms with Crippen molar-refractivity contribution in [3.63, 3.8) is 0 Å². The van der Waals surface area contributed by atoms with E-state index in [2.05, 4.69) is 52.0 Å². The third kappa shape index (κ3) is 2.86. The van der Waals surface area contributed by atoms with E-state index in [1.807, 2.05) is 36.4 Å². The molecule has 0 aliphatic carbocycles. The van der Waals surface area contributed by atoms with Crippen LogP contribution in [0.1, 0.15) is 27.7 Å². The van der Waals surface area contributed by atoms with Gasteiger partial charge >= 0.3 is 7.12 Å². The van der Waals surface area contributed by atoms with Gasteiger partial charge in [-0.25, -0.2) is 4.98 Å². The van der Waals surface area contributed by atoms with E-state index in [1.165, 1.54) is 14.8 Å². The summed E-state index contributed by atoms with van der Waals surface area (Å²) in [5, 5.41) is 2.29. The molecule has 3 aromatic carbocycles. The molecule has 1 aliphatic heterocycles. The molecule has 0 N–H and O–H groups in total. The lowest BCUT2D eigenvalue weighted by Gasteiger charge is -2.32. The van der Waals surface area contributed by atoms with Crippen LogP contribution >= 0.6 is 11.3 Å². The molecule has 2 aromatic heterocycles. The van der Waals surface area contributed by atoms with E-state index >= 15 is 0 Å².